The zero-order valence-corrected chi connectivity index (χ0v) is 18.1. The van der Waals surface area contributed by atoms with Crippen molar-refractivity contribution in [3.8, 4) is 0 Å². The molecule has 1 aliphatic carbocycles. The van der Waals surface area contributed by atoms with Crippen LogP contribution in [-0.2, 0) is 22.4 Å². The number of anilines is 1. The summed E-state index contributed by atoms with van der Waals surface area (Å²) >= 11 is 3.01. The summed E-state index contributed by atoms with van der Waals surface area (Å²) in [5, 5.41) is 20.5. The van der Waals surface area contributed by atoms with Gasteiger partial charge in [-0.15, -0.1) is 10.2 Å². The van der Waals surface area contributed by atoms with Gasteiger partial charge in [0, 0.05) is 24.7 Å². The van der Waals surface area contributed by atoms with E-state index in [1.54, 1.807) is 18.0 Å². The number of thioether (sulfide) groups is 1. The molecular weight excluding hydrogens is 422 g/mol. The average Bonchev–Trinajstić information content (AvgIpc) is 3.34. The highest BCUT2D eigenvalue weighted by Crippen LogP contribution is 2.42. The lowest BCUT2D eigenvalue weighted by Gasteiger charge is -2.37. The van der Waals surface area contributed by atoms with Gasteiger partial charge in [0.1, 0.15) is 5.01 Å². The van der Waals surface area contributed by atoms with Crippen molar-refractivity contribution < 1.29 is 9.59 Å². The van der Waals surface area contributed by atoms with E-state index in [9.17, 15) is 9.59 Å². The number of hydrogen-bond acceptors (Lipinski definition) is 9. The highest BCUT2D eigenvalue weighted by Gasteiger charge is 2.38. The van der Waals surface area contributed by atoms with Crippen molar-refractivity contribution in [1.29, 1.82) is 0 Å². The van der Waals surface area contributed by atoms with Crippen molar-refractivity contribution in [1.82, 2.24) is 25.9 Å². The number of nitrogens with one attached hydrogen (secondary N) is 3. The Morgan fingerprint density at radius 3 is 2.83 bits per heavy atom. The van der Waals surface area contributed by atoms with Gasteiger partial charge in [0.05, 0.1) is 11.8 Å². The van der Waals surface area contributed by atoms with E-state index in [2.05, 4.69) is 36.3 Å². The number of carbonyl (C=O) groups excluding carboxylic acids is 2. The summed E-state index contributed by atoms with van der Waals surface area (Å²) < 4.78 is 0. The molecule has 1 saturated carbocycles. The molecule has 0 aromatic carbocycles. The van der Waals surface area contributed by atoms with Crippen LogP contribution in [-0.4, -0.2) is 37.5 Å². The molecule has 2 amide bonds. The normalized spacial score (nSPS) is 22.6. The summed E-state index contributed by atoms with van der Waals surface area (Å²) in [6.07, 6.45) is 5.36. The van der Waals surface area contributed by atoms with Crippen LogP contribution in [0.4, 0.5) is 5.13 Å². The first-order chi connectivity index (χ1) is 14.6. The van der Waals surface area contributed by atoms with Gasteiger partial charge in [0.15, 0.2) is 5.17 Å². The lowest BCUT2D eigenvalue weighted by atomic mass is 9.73. The second-order valence-corrected chi connectivity index (χ2v) is 9.53. The Labute approximate surface area is 182 Å². The molecule has 1 aliphatic heterocycles. The number of carbonyl (C=O) groups is 2. The van der Waals surface area contributed by atoms with Gasteiger partial charge in [-0.05, 0) is 36.8 Å². The van der Waals surface area contributed by atoms with Gasteiger partial charge in [-0.2, -0.15) is 5.10 Å². The van der Waals surface area contributed by atoms with Crippen LogP contribution in [0.5, 0.6) is 0 Å². The summed E-state index contributed by atoms with van der Waals surface area (Å²) in [7, 11) is 0. The monoisotopic (exact) mass is 445 g/mol. The quantitative estimate of drug-likeness (QED) is 0.597. The maximum atomic E-state index is 12.1. The van der Waals surface area contributed by atoms with E-state index in [1.165, 1.54) is 11.3 Å². The number of amides is 2. The van der Waals surface area contributed by atoms with Crippen LogP contribution in [0.15, 0.2) is 29.5 Å². The lowest BCUT2D eigenvalue weighted by Crippen LogP contribution is -2.38. The van der Waals surface area contributed by atoms with Crippen molar-refractivity contribution in [3.63, 3.8) is 0 Å². The topological polar surface area (TPSA) is 121 Å². The van der Waals surface area contributed by atoms with Crippen molar-refractivity contribution in [3.05, 3.63) is 35.1 Å². The Morgan fingerprint density at radius 1 is 1.20 bits per heavy atom. The van der Waals surface area contributed by atoms with Gasteiger partial charge < -0.3 is 10.6 Å². The predicted molar refractivity (Wildman–Crippen MR) is 117 cm³/mol. The Kier molecular flexibility index (Phi) is 6.58. The molecule has 11 heteroatoms. The largest absolute Gasteiger partial charge is 0.304 e. The van der Waals surface area contributed by atoms with Gasteiger partial charge in [-0.3, -0.25) is 20.0 Å². The lowest BCUT2D eigenvalue weighted by molar-refractivity contribution is -0.119. The van der Waals surface area contributed by atoms with E-state index >= 15 is 0 Å². The Morgan fingerprint density at radius 2 is 2.07 bits per heavy atom. The van der Waals surface area contributed by atoms with Crippen LogP contribution in [0.3, 0.4) is 0 Å². The fourth-order valence-electron chi connectivity index (χ4n) is 3.43. The molecule has 158 valence electrons. The molecule has 9 nitrogen and oxygen atoms in total. The number of pyridine rings is 1. The maximum Gasteiger partial charge on any atom is 0.232 e. The van der Waals surface area contributed by atoms with E-state index in [4.69, 9.17) is 0 Å². The Hall–Kier alpha value is -2.53. The van der Waals surface area contributed by atoms with Crippen molar-refractivity contribution >= 4 is 45.2 Å². The molecule has 2 aliphatic rings. The zero-order chi connectivity index (χ0) is 20.9. The minimum atomic E-state index is -0.143. The number of hydrogen-bond donors (Lipinski definition) is 3. The number of hydrazone groups is 1. The average molecular weight is 446 g/mol. The minimum absolute atomic E-state index is 0.0191. The van der Waals surface area contributed by atoms with Crippen molar-refractivity contribution in [2.75, 3.05) is 5.32 Å². The molecule has 30 heavy (non-hydrogen) atoms. The van der Waals surface area contributed by atoms with Gasteiger partial charge in [-0.25, -0.2) is 0 Å². The molecule has 1 unspecified atom stereocenters. The Balaban J connectivity index is 1.18. The summed E-state index contributed by atoms with van der Waals surface area (Å²) in [4.78, 5) is 27.8. The summed E-state index contributed by atoms with van der Waals surface area (Å²) in [5.41, 5.74) is 3.85. The standard InChI is InChI=1S/C19H23N7O2S2/c1-2-14(27)21-19-26-24-17(30-19)12-7-11(8-12)9-16-23-25-18(29-16)22-15(28)10-13-5-3-4-6-20-13/h3-6,11-12,17,24H,2,7-10H2,1H3,(H,21,26,27)(H,22,25,28). The smallest absolute Gasteiger partial charge is 0.232 e. The molecule has 0 spiro atoms. The third kappa shape index (κ3) is 5.33. The van der Waals surface area contributed by atoms with Gasteiger partial charge in [0.25, 0.3) is 0 Å². The molecule has 0 bridgehead atoms. The van der Waals surface area contributed by atoms with Crippen LogP contribution in [0.2, 0.25) is 0 Å². The molecule has 2 aromatic rings. The van der Waals surface area contributed by atoms with E-state index in [-0.39, 0.29) is 23.6 Å². The molecule has 1 fully saturated rings. The molecule has 3 N–H and O–H groups in total. The third-order valence-corrected chi connectivity index (χ3v) is 7.07. The number of nitrogens with zero attached hydrogens (tertiary/aromatic N) is 4. The SMILES string of the molecule is CCC(=O)NC1=NNC(C2CC(Cc3nnc(NC(=O)Cc4ccccn4)s3)C2)S1. The molecule has 0 radical (unpaired) electrons. The predicted octanol–water partition coefficient (Wildman–Crippen LogP) is 2.14. The van der Waals surface area contributed by atoms with Crippen LogP contribution < -0.4 is 16.1 Å². The molecular formula is C19H23N7O2S2. The summed E-state index contributed by atoms with van der Waals surface area (Å²) in [6, 6.07) is 5.50. The number of aromatic nitrogens is 3. The van der Waals surface area contributed by atoms with Crippen molar-refractivity contribution in [2.45, 2.75) is 44.4 Å². The molecule has 3 heterocycles. The van der Waals surface area contributed by atoms with E-state index in [0.29, 0.717) is 28.6 Å². The highest BCUT2D eigenvalue weighted by atomic mass is 32.2. The van der Waals surface area contributed by atoms with Crippen LogP contribution in [0.25, 0.3) is 0 Å². The van der Waals surface area contributed by atoms with Gasteiger partial charge in [-0.1, -0.05) is 36.1 Å². The molecule has 1 atom stereocenters. The fraction of sp³-hybridized carbons (Fsp3) is 0.474. The van der Waals surface area contributed by atoms with Gasteiger partial charge >= 0.3 is 0 Å². The third-order valence-electron chi connectivity index (χ3n) is 5.04. The second-order valence-electron chi connectivity index (χ2n) is 7.33. The number of amidine groups is 1. The molecule has 4 rings (SSSR count). The fourth-order valence-corrected chi connectivity index (χ4v) is 5.34. The minimum Gasteiger partial charge on any atom is -0.304 e. The van der Waals surface area contributed by atoms with E-state index in [1.807, 2.05) is 25.1 Å². The first-order valence-corrected chi connectivity index (χ1v) is 11.6. The molecule has 2 aromatic heterocycles. The van der Waals surface area contributed by atoms with E-state index < -0.39 is 0 Å². The highest BCUT2D eigenvalue weighted by molar-refractivity contribution is 8.14. The second kappa shape index (κ2) is 9.52. The maximum absolute atomic E-state index is 12.1. The first-order valence-electron chi connectivity index (χ1n) is 9.91. The zero-order valence-electron chi connectivity index (χ0n) is 16.5. The summed E-state index contributed by atoms with van der Waals surface area (Å²) in [6.45, 7) is 1.82. The summed E-state index contributed by atoms with van der Waals surface area (Å²) in [5.74, 6) is 0.909. The van der Waals surface area contributed by atoms with Crippen LogP contribution in [0.1, 0.15) is 36.9 Å². The van der Waals surface area contributed by atoms with Gasteiger partial charge in [0.2, 0.25) is 16.9 Å². The number of rotatable bonds is 7. The first kappa shape index (κ1) is 20.7. The van der Waals surface area contributed by atoms with Crippen LogP contribution >= 0.6 is 23.1 Å². The van der Waals surface area contributed by atoms with Crippen molar-refractivity contribution in [2.24, 2.45) is 16.9 Å². The van der Waals surface area contributed by atoms with E-state index in [0.717, 1.165) is 30.0 Å². The molecule has 0 saturated heterocycles. The Bertz CT molecular complexity index is 928. The van der Waals surface area contributed by atoms with Crippen LogP contribution in [0, 0.1) is 11.8 Å².